The van der Waals surface area contributed by atoms with Crippen molar-refractivity contribution in [1.82, 2.24) is 9.21 Å². The summed E-state index contributed by atoms with van der Waals surface area (Å²) >= 11 is 0. The Balaban J connectivity index is 1.94. The molecule has 1 N–H and O–H groups in total. The lowest BCUT2D eigenvalue weighted by Crippen LogP contribution is -2.47. The first-order chi connectivity index (χ1) is 14.5. The van der Waals surface area contributed by atoms with Crippen LogP contribution in [0.3, 0.4) is 0 Å². The molecule has 0 amide bonds. The summed E-state index contributed by atoms with van der Waals surface area (Å²) in [6, 6.07) is 7.68. The van der Waals surface area contributed by atoms with E-state index in [9.17, 15) is 16.8 Å². The molecule has 0 spiro atoms. The molecule has 31 heavy (non-hydrogen) atoms. The van der Waals surface area contributed by atoms with Crippen molar-refractivity contribution in [3.63, 3.8) is 0 Å². The first-order valence-electron chi connectivity index (χ1n) is 9.93. The molecule has 0 bridgehead atoms. The highest BCUT2D eigenvalue weighted by atomic mass is 32.2. The monoisotopic (exact) mass is 467 g/mol. The van der Waals surface area contributed by atoms with E-state index in [0.717, 1.165) is 5.56 Å². The number of nitrogens with one attached hydrogen (secondary N) is 1. The van der Waals surface area contributed by atoms with Gasteiger partial charge in [0.05, 0.1) is 22.6 Å². The first kappa shape index (κ1) is 23.5. The molecule has 0 radical (unpaired) electrons. The molecule has 8 nitrogen and oxygen atoms in total. The van der Waals surface area contributed by atoms with Gasteiger partial charge >= 0.3 is 0 Å². The van der Waals surface area contributed by atoms with Crippen molar-refractivity contribution < 1.29 is 21.6 Å². The first-order valence-corrected chi connectivity index (χ1v) is 12.9. The zero-order valence-electron chi connectivity index (χ0n) is 18.5. The summed E-state index contributed by atoms with van der Waals surface area (Å²) in [7, 11) is -4.16. The van der Waals surface area contributed by atoms with Crippen molar-refractivity contribution in [3.8, 4) is 5.75 Å². The van der Waals surface area contributed by atoms with E-state index in [4.69, 9.17) is 4.74 Å². The molecule has 0 atom stereocenters. The molecule has 0 unspecified atom stereocenters. The lowest BCUT2D eigenvalue weighted by Gasteiger charge is -2.32. The molecule has 10 heteroatoms. The number of hydrogen-bond donors (Lipinski definition) is 1. The van der Waals surface area contributed by atoms with E-state index in [1.54, 1.807) is 39.0 Å². The number of rotatable bonds is 6. The maximum Gasteiger partial charge on any atom is 0.262 e. The minimum absolute atomic E-state index is 0.111. The SMILES string of the molecule is COc1ccc(S(=O)(=O)Nc2ccc(C)c(S(=O)(=O)N3CCN(C)CC3)c2)c(C)c1C. The van der Waals surface area contributed by atoms with Gasteiger partial charge in [-0.25, -0.2) is 16.8 Å². The highest BCUT2D eigenvalue weighted by molar-refractivity contribution is 7.92. The van der Waals surface area contributed by atoms with Crippen molar-refractivity contribution in [2.75, 3.05) is 45.1 Å². The smallest absolute Gasteiger partial charge is 0.262 e. The van der Waals surface area contributed by atoms with Crippen LogP contribution in [0.4, 0.5) is 5.69 Å². The molecule has 170 valence electrons. The number of aryl methyl sites for hydroxylation is 1. The van der Waals surface area contributed by atoms with Gasteiger partial charge in [0, 0.05) is 26.2 Å². The molecule has 0 saturated carbocycles. The maximum atomic E-state index is 13.2. The summed E-state index contributed by atoms with van der Waals surface area (Å²) in [5.41, 5.74) is 2.07. The standard InChI is InChI=1S/C21H29N3O5S2/c1-15-6-7-18(14-21(15)31(27,28)24-12-10-23(4)11-13-24)22-30(25,26)20-9-8-19(29-5)16(2)17(20)3/h6-9,14,22H,10-13H2,1-5H3. The summed E-state index contributed by atoms with van der Waals surface area (Å²) in [5.74, 6) is 0.604. The summed E-state index contributed by atoms with van der Waals surface area (Å²) in [4.78, 5) is 2.30. The minimum atomic E-state index is -3.92. The summed E-state index contributed by atoms with van der Waals surface area (Å²) in [5, 5.41) is 0. The minimum Gasteiger partial charge on any atom is -0.496 e. The van der Waals surface area contributed by atoms with E-state index in [-0.39, 0.29) is 15.5 Å². The normalized spacial score (nSPS) is 16.3. The second kappa shape index (κ2) is 8.78. The molecule has 1 heterocycles. The Morgan fingerprint density at radius 1 is 0.871 bits per heavy atom. The highest BCUT2D eigenvalue weighted by Crippen LogP contribution is 2.30. The van der Waals surface area contributed by atoms with Gasteiger partial charge in [0.1, 0.15) is 5.75 Å². The lowest BCUT2D eigenvalue weighted by atomic mass is 10.1. The van der Waals surface area contributed by atoms with Gasteiger partial charge in [0.25, 0.3) is 10.0 Å². The van der Waals surface area contributed by atoms with Gasteiger partial charge < -0.3 is 9.64 Å². The van der Waals surface area contributed by atoms with Crippen LogP contribution in [0, 0.1) is 20.8 Å². The average Bonchev–Trinajstić information content (AvgIpc) is 2.71. The van der Waals surface area contributed by atoms with Gasteiger partial charge in [0.2, 0.25) is 10.0 Å². The van der Waals surface area contributed by atoms with Crippen molar-refractivity contribution in [2.24, 2.45) is 0 Å². The number of likely N-dealkylation sites (N-methyl/N-ethyl adjacent to an activating group) is 1. The van der Waals surface area contributed by atoms with Crippen LogP contribution in [-0.2, 0) is 20.0 Å². The number of anilines is 1. The van der Waals surface area contributed by atoms with E-state index >= 15 is 0 Å². The average molecular weight is 468 g/mol. The number of piperazine rings is 1. The van der Waals surface area contributed by atoms with Crippen LogP contribution < -0.4 is 9.46 Å². The molecular weight excluding hydrogens is 438 g/mol. The van der Waals surface area contributed by atoms with Crippen molar-refractivity contribution in [2.45, 2.75) is 30.6 Å². The number of ether oxygens (including phenoxy) is 1. The molecule has 1 saturated heterocycles. The Morgan fingerprint density at radius 3 is 2.13 bits per heavy atom. The molecule has 0 aliphatic carbocycles. The Labute approximate surface area is 184 Å². The summed E-state index contributed by atoms with van der Waals surface area (Å²) < 4.78 is 61.7. The topological polar surface area (TPSA) is 96.0 Å². The number of nitrogens with zero attached hydrogens (tertiary/aromatic N) is 2. The molecule has 1 fully saturated rings. The Bertz CT molecular complexity index is 1190. The molecule has 2 aromatic carbocycles. The highest BCUT2D eigenvalue weighted by Gasteiger charge is 2.29. The van der Waals surface area contributed by atoms with Gasteiger partial charge in [-0.1, -0.05) is 6.07 Å². The number of methoxy groups -OCH3 is 1. The number of hydrogen-bond acceptors (Lipinski definition) is 6. The van der Waals surface area contributed by atoms with Crippen LogP contribution in [0.5, 0.6) is 5.75 Å². The molecular formula is C21H29N3O5S2. The van der Waals surface area contributed by atoms with Gasteiger partial charge in [-0.3, -0.25) is 4.72 Å². The van der Waals surface area contributed by atoms with E-state index in [0.29, 0.717) is 43.1 Å². The Morgan fingerprint density at radius 2 is 1.52 bits per heavy atom. The number of benzene rings is 2. The van der Waals surface area contributed by atoms with Gasteiger partial charge in [0.15, 0.2) is 0 Å². The van der Waals surface area contributed by atoms with Crippen LogP contribution in [0.25, 0.3) is 0 Å². The van der Waals surface area contributed by atoms with E-state index in [2.05, 4.69) is 9.62 Å². The van der Waals surface area contributed by atoms with Crippen LogP contribution in [0.2, 0.25) is 0 Å². The Kier molecular flexibility index (Phi) is 6.66. The third kappa shape index (κ3) is 4.72. The summed E-state index contributed by atoms with van der Waals surface area (Å²) in [6.45, 7) is 7.32. The largest absolute Gasteiger partial charge is 0.496 e. The van der Waals surface area contributed by atoms with Gasteiger partial charge in [-0.15, -0.1) is 0 Å². The predicted octanol–water partition coefficient (Wildman–Crippen LogP) is 2.36. The third-order valence-electron chi connectivity index (χ3n) is 5.72. The Hall–Kier alpha value is -2.14. The van der Waals surface area contributed by atoms with Gasteiger partial charge in [-0.2, -0.15) is 4.31 Å². The fraction of sp³-hybridized carbons (Fsp3) is 0.429. The quantitative estimate of drug-likeness (QED) is 0.701. The third-order valence-corrected chi connectivity index (χ3v) is 9.28. The fourth-order valence-electron chi connectivity index (χ4n) is 3.60. The van der Waals surface area contributed by atoms with Crippen molar-refractivity contribution in [3.05, 3.63) is 47.0 Å². The van der Waals surface area contributed by atoms with Crippen LogP contribution in [-0.4, -0.2) is 66.4 Å². The molecule has 1 aliphatic heterocycles. The van der Waals surface area contributed by atoms with Crippen LogP contribution in [0.1, 0.15) is 16.7 Å². The van der Waals surface area contributed by atoms with Crippen LogP contribution in [0.15, 0.2) is 40.1 Å². The maximum absolute atomic E-state index is 13.2. The molecule has 0 aromatic heterocycles. The van der Waals surface area contributed by atoms with Gasteiger partial charge in [-0.05, 0) is 68.8 Å². The van der Waals surface area contributed by atoms with E-state index in [1.165, 1.54) is 23.5 Å². The van der Waals surface area contributed by atoms with E-state index < -0.39 is 20.0 Å². The molecule has 1 aliphatic rings. The number of sulfonamides is 2. The van der Waals surface area contributed by atoms with E-state index in [1.807, 2.05) is 7.05 Å². The van der Waals surface area contributed by atoms with Crippen molar-refractivity contribution in [1.29, 1.82) is 0 Å². The van der Waals surface area contributed by atoms with Crippen LogP contribution >= 0.6 is 0 Å². The second-order valence-electron chi connectivity index (χ2n) is 7.81. The lowest BCUT2D eigenvalue weighted by molar-refractivity contribution is 0.222. The zero-order valence-corrected chi connectivity index (χ0v) is 20.1. The predicted molar refractivity (Wildman–Crippen MR) is 121 cm³/mol. The molecule has 2 aromatic rings. The summed E-state index contributed by atoms with van der Waals surface area (Å²) in [6.07, 6.45) is 0. The fourth-order valence-corrected chi connectivity index (χ4v) is 6.63. The zero-order chi connectivity index (χ0) is 23.0. The van der Waals surface area contributed by atoms with Crippen molar-refractivity contribution >= 4 is 25.7 Å². The molecule has 3 rings (SSSR count). The second-order valence-corrected chi connectivity index (χ2v) is 11.4.